The van der Waals surface area contributed by atoms with Crippen molar-refractivity contribution in [2.45, 2.75) is 6.92 Å². The minimum atomic E-state index is 0.614. The van der Waals surface area contributed by atoms with Gasteiger partial charge in [0, 0.05) is 5.56 Å². The van der Waals surface area contributed by atoms with Gasteiger partial charge in [-0.05, 0) is 19.1 Å². The third-order valence-electron chi connectivity index (χ3n) is 2.27. The van der Waals surface area contributed by atoms with Crippen molar-refractivity contribution < 1.29 is 9.47 Å². The maximum absolute atomic E-state index is 5.51. The zero-order valence-corrected chi connectivity index (χ0v) is 9.36. The molecule has 0 amide bonds. The van der Waals surface area contributed by atoms with E-state index in [1.807, 2.05) is 25.1 Å². The molecule has 0 fully saturated rings. The Morgan fingerprint density at radius 3 is 2.88 bits per heavy atom. The summed E-state index contributed by atoms with van der Waals surface area (Å²) in [7, 11) is 1.64. The topological polar surface area (TPSA) is 47.1 Å². The van der Waals surface area contributed by atoms with Crippen LogP contribution in [-0.4, -0.2) is 23.7 Å². The van der Waals surface area contributed by atoms with E-state index in [1.165, 1.54) is 0 Å². The highest BCUT2D eigenvalue weighted by molar-refractivity contribution is 5.70. The quantitative estimate of drug-likeness (QED) is 0.857. The zero-order valence-electron chi connectivity index (χ0n) is 9.36. The minimum Gasteiger partial charge on any atom is -0.492 e. The number of ether oxygens (including phenoxy) is 2. The molecule has 4 nitrogen and oxygen atoms in total. The summed E-state index contributed by atoms with van der Waals surface area (Å²) in [4.78, 5) is 7.05. The van der Waals surface area contributed by atoms with Crippen LogP contribution < -0.4 is 9.47 Å². The molecule has 1 N–H and O–H groups in total. The van der Waals surface area contributed by atoms with Crippen molar-refractivity contribution in [3.63, 3.8) is 0 Å². The van der Waals surface area contributed by atoms with Crippen LogP contribution in [-0.2, 0) is 0 Å². The van der Waals surface area contributed by atoms with Crippen LogP contribution in [0.15, 0.2) is 30.7 Å². The largest absolute Gasteiger partial charge is 0.492 e. The van der Waals surface area contributed by atoms with Gasteiger partial charge in [0.15, 0.2) is 11.5 Å². The number of imidazole rings is 1. The molecule has 1 heterocycles. The number of hydrogen-bond acceptors (Lipinski definition) is 3. The summed E-state index contributed by atoms with van der Waals surface area (Å²) in [6.45, 7) is 2.56. The molecule has 0 spiro atoms. The summed E-state index contributed by atoms with van der Waals surface area (Å²) >= 11 is 0. The van der Waals surface area contributed by atoms with E-state index in [0.29, 0.717) is 6.61 Å². The van der Waals surface area contributed by atoms with Crippen LogP contribution in [0.4, 0.5) is 0 Å². The molecular formula is C12H14N2O2. The molecule has 0 aliphatic carbocycles. The summed E-state index contributed by atoms with van der Waals surface area (Å²) in [6, 6.07) is 5.79. The van der Waals surface area contributed by atoms with E-state index < -0.39 is 0 Å². The van der Waals surface area contributed by atoms with Gasteiger partial charge in [-0.15, -0.1) is 0 Å². The third-order valence-corrected chi connectivity index (χ3v) is 2.27. The van der Waals surface area contributed by atoms with Crippen LogP contribution in [0.1, 0.15) is 6.92 Å². The van der Waals surface area contributed by atoms with Gasteiger partial charge in [-0.3, -0.25) is 0 Å². The molecule has 0 saturated carbocycles. The second kappa shape index (κ2) is 4.70. The monoisotopic (exact) mass is 218 g/mol. The summed E-state index contributed by atoms with van der Waals surface area (Å²) < 4.78 is 10.9. The van der Waals surface area contributed by atoms with Crippen LogP contribution in [0.25, 0.3) is 11.3 Å². The minimum absolute atomic E-state index is 0.614. The Kier molecular flexibility index (Phi) is 3.10. The Morgan fingerprint density at radius 2 is 2.25 bits per heavy atom. The highest BCUT2D eigenvalue weighted by atomic mass is 16.5. The normalized spacial score (nSPS) is 10.1. The molecule has 0 aliphatic heterocycles. The predicted molar refractivity (Wildman–Crippen MR) is 61.7 cm³/mol. The van der Waals surface area contributed by atoms with Crippen LogP contribution in [0, 0.1) is 0 Å². The molecule has 84 valence electrons. The van der Waals surface area contributed by atoms with Gasteiger partial charge in [0.05, 0.1) is 31.9 Å². The van der Waals surface area contributed by atoms with E-state index >= 15 is 0 Å². The number of nitrogens with one attached hydrogen (secondary N) is 1. The Balaban J connectivity index is 2.49. The van der Waals surface area contributed by atoms with E-state index in [-0.39, 0.29) is 0 Å². The molecule has 16 heavy (non-hydrogen) atoms. The van der Waals surface area contributed by atoms with Crippen LogP contribution in [0.5, 0.6) is 11.5 Å². The van der Waals surface area contributed by atoms with Crippen LogP contribution in [0.3, 0.4) is 0 Å². The van der Waals surface area contributed by atoms with Crippen molar-refractivity contribution in [1.29, 1.82) is 0 Å². The van der Waals surface area contributed by atoms with Gasteiger partial charge in [-0.25, -0.2) is 4.98 Å². The molecule has 0 saturated heterocycles. The van der Waals surface area contributed by atoms with Crippen molar-refractivity contribution >= 4 is 0 Å². The molecule has 2 aromatic rings. The zero-order chi connectivity index (χ0) is 11.4. The number of benzene rings is 1. The lowest BCUT2D eigenvalue weighted by molar-refractivity contribution is 0.311. The SMILES string of the molecule is CCOc1cccc(-c2cnc[nH]2)c1OC. The molecule has 0 radical (unpaired) electrons. The van der Waals surface area contributed by atoms with E-state index in [0.717, 1.165) is 22.8 Å². The highest BCUT2D eigenvalue weighted by Crippen LogP contribution is 2.36. The first kappa shape index (κ1) is 10.5. The Labute approximate surface area is 94.2 Å². The van der Waals surface area contributed by atoms with Gasteiger partial charge < -0.3 is 14.5 Å². The molecular weight excluding hydrogens is 204 g/mol. The molecule has 0 unspecified atom stereocenters. The number of rotatable bonds is 4. The van der Waals surface area contributed by atoms with Crippen molar-refractivity contribution in [1.82, 2.24) is 9.97 Å². The van der Waals surface area contributed by atoms with Gasteiger partial charge in [0.2, 0.25) is 0 Å². The van der Waals surface area contributed by atoms with Gasteiger partial charge in [0.25, 0.3) is 0 Å². The van der Waals surface area contributed by atoms with Crippen LogP contribution >= 0.6 is 0 Å². The molecule has 1 aromatic heterocycles. The maximum Gasteiger partial charge on any atom is 0.170 e. The number of para-hydroxylation sites is 1. The maximum atomic E-state index is 5.51. The fraction of sp³-hybridized carbons (Fsp3) is 0.250. The van der Waals surface area contributed by atoms with E-state index in [2.05, 4.69) is 9.97 Å². The molecule has 0 aliphatic rings. The fourth-order valence-electron chi connectivity index (χ4n) is 1.61. The second-order valence-corrected chi connectivity index (χ2v) is 3.24. The lowest BCUT2D eigenvalue weighted by Gasteiger charge is -2.12. The van der Waals surface area contributed by atoms with E-state index in [4.69, 9.17) is 9.47 Å². The summed E-state index contributed by atoms with van der Waals surface area (Å²) in [6.07, 6.45) is 3.40. The lowest BCUT2D eigenvalue weighted by atomic mass is 10.1. The average Bonchev–Trinajstić information content (AvgIpc) is 2.82. The molecule has 2 rings (SSSR count). The van der Waals surface area contributed by atoms with Gasteiger partial charge in [-0.1, -0.05) is 6.07 Å². The van der Waals surface area contributed by atoms with Crippen molar-refractivity contribution in [3.8, 4) is 22.8 Å². The summed E-state index contributed by atoms with van der Waals surface area (Å²) in [5.41, 5.74) is 1.87. The molecule has 4 heteroatoms. The number of methoxy groups -OCH3 is 1. The first-order valence-electron chi connectivity index (χ1n) is 5.15. The lowest BCUT2D eigenvalue weighted by Crippen LogP contribution is -1.96. The smallest absolute Gasteiger partial charge is 0.170 e. The standard InChI is InChI=1S/C12H14N2O2/c1-3-16-11-6-4-5-9(12(11)15-2)10-7-13-8-14-10/h4-8H,3H2,1-2H3,(H,13,14). The van der Waals surface area contributed by atoms with Crippen molar-refractivity contribution in [3.05, 3.63) is 30.7 Å². The summed E-state index contributed by atoms with van der Waals surface area (Å²) in [5.74, 6) is 1.48. The Bertz CT molecular complexity index is 452. The average molecular weight is 218 g/mol. The van der Waals surface area contributed by atoms with Gasteiger partial charge in [-0.2, -0.15) is 0 Å². The number of hydrogen-bond donors (Lipinski definition) is 1. The van der Waals surface area contributed by atoms with E-state index in [1.54, 1.807) is 19.6 Å². The second-order valence-electron chi connectivity index (χ2n) is 3.24. The first-order valence-corrected chi connectivity index (χ1v) is 5.15. The van der Waals surface area contributed by atoms with Gasteiger partial charge >= 0.3 is 0 Å². The first-order chi connectivity index (χ1) is 7.86. The number of nitrogens with zero attached hydrogens (tertiary/aromatic N) is 1. The predicted octanol–water partition coefficient (Wildman–Crippen LogP) is 2.48. The van der Waals surface area contributed by atoms with E-state index in [9.17, 15) is 0 Å². The Morgan fingerprint density at radius 1 is 1.38 bits per heavy atom. The number of H-pyrrole nitrogens is 1. The van der Waals surface area contributed by atoms with Crippen molar-refractivity contribution in [2.24, 2.45) is 0 Å². The highest BCUT2D eigenvalue weighted by Gasteiger charge is 2.12. The molecule has 0 bridgehead atoms. The van der Waals surface area contributed by atoms with Crippen LogP contribution in [0.2, 0.25) is 0 Å². The van der Waals surface area contributed by atoms with Gasteiger partial charge in [0.1, 0.15) is 0 Å². The Hall–Kier alpha value is -1.97. The molecule has 1 aromatic carbocycles. The van der Waals surface area contributed by atoms with Crippen molar-refractivity contribution in [2.75, 3.05) is 13.7 Å². The number of aromatic amines is 1. The molecule has 0 atom stereocenters. The fourth-order valence-corrected chi connectivity index (χ4v) is 1.61. The summed E-state index contributed by atoms with van der Waals surface area (Å²) in [5, 5.41) is 0. The third kappa shape index (κ3) is 1.86. The number of aromatic nitrogens is 2.